The van der Waals surface area contributed by atoms with Crippen LogP contribution in [0.25, 0.3) is 0 Å². The van der Waals surface area contributed by atoms with Gasteiger partial charge in [0.15, 0.2) is 5.96 Å². The molecule has 140 valence electrons. The van der Waals surface area contributed by atoms with E-state index in [2.05, 4.69) is 43.2 Å². The molecule has 25 heavy (non-hydrogen) atoms. The molecule has 1 aromatic rings. The molecule has 0 heterocycles. The van der Waals surface area contributed by atoms with Crippen LogP contribution < -0.4 is 16.8 Å². The number of nitrogens with zero attached hydrogens (tertiary/aromatic N) is 1. The van der Waals surface area contributed by atoms with E-state index in [-0.39, 0.29) is 35.6 Å². The van der Waals surface area contributed by atoms with Gasteiger partial charge >= 0.3 is 0 Å². The molecule has 2 rings (SSSR count). The summed E-state index contributed by atoms with van der Waals surface area (Å²) in [5.74, 6) is 0.845. The second kappa shape index (κ2) is 9.09. The second-order valence-electron chi connectivity index (χ2n) is 7.80. The molecule has 1 aliphatic rings. The number of rotatable bonds is 4. The Bertz CT molecular complexity index is 580. The fourth-order valence-corrected chi connectivity index (χ4v) is 3.14. The number of guanidine groups is 1. The van der Waals surface area contributed by atoms with Gasteiger partial charge in [-0.15, -0.1) is 12.4 Å². The van der Waals surface area contributed by atoms with E-state index in [1.54, 1.807) is 0 Å². The minimum atomic E-state index is 0. The number of hydrogen-bond acceptors (Lipinski definition) is 2. The summed E-state index contributed by atoms with van der Waals surface area (Å²) < 4.78 is 0. The number of anilines is 1. The Balaban J connectivity index is 0.00000312. The number of halogens is 1. The number of nitrogens with one attached hydrogen (secondary N) is 1. The zero-order valence-corrected chi connectivity index (χ0v) is 16.2. The van der Waals surface area contributed by atoms with Gasteiger partial charge < -0.3 is 16.8 Å². The minimum absolute atomic E-state index is 0. The first-order valence-corrected chi connectivity index (χ1v) is 8.72. The van der Waals surface area contributed by atoms with Gasteiger partial charge in [-0.1, -0.05) is 32.9 Å². The van der Waals surface area contributed by atoms with Crippen molar-refractivity contribution in [3.8, 4) is 0 Å². The van der Waals surface area contributed by atoms with Crippen molar-refractivity contribution in [1.82, 2.24) is 0 Å². The SMILES string of the molecule is CC(C)(C)c1ccc(NC(=O)C2CCC(CN=C(N)N)CC2)cc1.Cl. The van der Waals surface area contributed by atoms with Crippen molar-refractivity contribution in [3.05, 3.63) is 29.8 Å². The fourth-order valence-electron chi connectivity index (χ4n) is 3.14. The molecule has 5 nitrogen and oxygen atoms in total. The third-order valence-electron chi connectivity index (χ3n) is 4.77. The van der Waals surface area contributed by atoms with E-state index < -0.39 is 0 Å². The molecule has 0 aliphatic heterocycles. The Morgan fingerprint density at radius 3 is 2.16 bits per heavy atom. The van der Waals surface area contributed by atoms with Crippen molar-refractivity contribution in [1.29, 1.82) is 0 Å². The molecule has 0 bridgehead atoms. The van der Waals surface area contributed by atoms with Gasteiger partial charge in [-0.05, 0) is 54.7 Å². The largest absolute Gasteiger partial charge is 0.370 e. The number of hydrogen-bond donors (Lipinski definition) is 3. The van der Waals surface area contributed by atoms with E-state index in [1.165, 1.54) is 5.56 Å². The highest BCUT2D eigenvalue weighted by molar-refractivity contribution is 5.92. The first kappa shape index (κ1) is 21.3. The summed E-state index contributed by atoms with van der Waals surface area (Å²) in [5.41, 5.74) is 13.0. The summed E-state index contributed by atoms with van der Waals surface area (Å²) in [4.78, 5) is 16.5. The Kier molecular flexibility index (Phi) is 7.74. The van der Waals surface area contributed by atoms with Crippen LogP contribution in [0.5, 0.6) is 0 Å². The van der Waals surface area contributed by atoms with Crippen LogP contribution >= 0.6 is 12.4 Å². The molecule has 5 N–H and O–H groups in total. The van der Waals surface area contributed by atoms with Crippen LogP contribution in [0.3, 0.4) is 0 Å². The maximum Gasteiger partial charge on any atom is 0.227 e. The van der Waals surface area contributed by atoms with Crippen molar-refractivity contribution in [2.24, 2.45) is 28.3 Å². The molecule has 6 heteroatoms. The van der Waals surface area contributed by atoms with E-state index in [0.717, 1.165) is 31.4 Å². The molecule has 1 aromatic carbocycles. The highest BCUT2D eigenvalue weighted by Gasteiger charge is 2.26. The lowest BCUT2D eigenvalue weighted by atomic mass is 9.81. The third kappa shape index (κ3) is 6.58. The van der Waals surface area contributed by atoms with Crippen LogP contribution in [0, 0.1) is 11.8 Å². The Labute approximate surface area is 157 Å². The summed E-state index contributed by atoms with van der Waals surface area (Å²) in [6.45, 7) is 7.22. The molecule has 0 spiro atoms. The van der Waals surface area contributed by atoms with E-state index in [0.29, 0.717) is 12.5 Å². The molecular weight excluding hydrogens is 336 g/mol. The normalized spacial score (nSPS) is 20.3. The van der Waals surface area contributed by atoms with Gasteiger partial charge in [-0.25, -0.2) is 0 Å². The summed E-state index contributed by atoms with van der Waals surface area (Å²) in [5, 5.41) is 3.05. The van der Waals surface area contributed by atoms with Gasteiger partial charge in [0, 0.05) is 18.2 Å². The molecule has 1 saturated carbocycles. The highest BCUT2D eigenvalue weighted by Crippen LogP contribution is 2.30. The number of carbonyl (C=O) groups is 1. The van der Waals surface area contributed by atoms with Gasteiger partial charge in [0.05, 0.1) is 0 Å². The van der Waals surface area contributed by atoms with E-state index in [9.17, 15) is 4.79 Å². The smallest absolute Gasteiger partial charge is 0.227 e. The number of benzene rings is 1. The fraction of sp³-hybridized carbons (Fsp3) is 0.579. The van der Waals surface area contributed by atoms with E-state index in [4.69, 9.17) is 11.5 Å². The maximum atomic E-state index is 12.4. The number of nitrogens with two attached hydrogens (primary N) is 2. The van der Waals surface area contributed by atoms with Gasteiger partial charge in [-0.3, -0.25) is 9.79 Å². The van der Waals surface area contributed by atoms with E-state index in [1.807, 2.05) is 12.1 Å². The van der Waals surface area contributed by atoms with Gasteiger partial charge in [0.25, 0.3) is 0 Å². The minimum Gasteiger partial charge on any atom is -0.370 e. The lowest BCUT2D eigenvalue weighted by molar-refractivity contribution is -0.121. The summed E-state index contributed by atoms with van der Waals surface area (Å²) in [7, 11) is 0. The molecule has 1 fully saturated rings. The Hall–Kier alpha value is -1.75. The van der Waals surface area contributed by atoms with Gasteiger partial charge in [0.1, 0.15) is 0 Å². The lowest BCUT2D eigenvalue weighted by Gasteiger charge is -2.27. The number of amides is 1. The van der Waals surface area contributed by atoms with Crippen LogP contribution in [-0.2, 0) is 10.2 Å². The standard InChI is InChI=1S/C19H30N4O.ClH/c1-19(2,3)15-8-10-16(11-9-15)23-17(24)14-6-4-13(5-7-14)12-22-18(20)21;/h8-11,13-14H,4-7,12H2,1-3H3,(H,23,24)(H4,20,21,22);1H. The second-order valence-corrected chi connectivity index (χ2v) is 7.80. The van der Waals surface area contributed by atoms with Gasteiger partial charge in [0.2, 0.25) is 5.91 Å². The quantitative estimate of drug-likeness (QED) is 0.563. The lowest BCUT2D eigenvalue weighted by Crippen LogP contribution is -2.29. The average Bonchev–Trinajstić information content (AvgIpc) is 2.53. The molecule has 0 saturated heterocycles. The monoisotopic (exact) mass is 366 g/mol. The maximum absolute atomic E-state index is 12.4. The highest BCUT2D eigenvalue weighted by atomic mass is 35.5. The van der Waals surface area contributed by atoms with Crippen LogP contribution in [0.1, 0.15) is 52.0 Å². The molecular formula is C19H31ClN4O. The number of carbonyl (C=O) groups excluding carboxylic acids is 1. The summed E-state index contributed by atoms with van der Waals surface area (Å²) in [6.07, 6.45) is 3.79. The van der Waals surface area contributed by atoms with Crippen molar-refractivity contribution in [2.45, 2.75) is 51.9 Å². The zero-order chi connectivity index (χ0) is 17.7. The van der Waals surface area contributed by atoms with E-state index >= 15 is 0 Å². The third-order valence-corrected chi connectivity index (χ3v) is 4.77. The Morgan fingerprint density at radius 2 is 1.68 bits per heavy atom. The first-order valence-electron chi connectivity index (χ1n) is 8.72. The predicted molar refractivity (Wildman–Crippen MR) is 107 cm³/mol. The first-order chi connectivity index (χ1) is 11.3. The Morgan fingerprint density at radius 1 is 1.12 bits per heavy atom. The van der Waals surface area contributed by atoms with Crippen LogP contribution in [-0.4, -0.2) is 18.4 Å². The molecule has 1 aliphatic carbocycles. The van der Waals surface area contributed by atoms with Crippen molar-refractivity contribution < 1.29 is 4.79 Å². The van der Waals surface area contributed by atoms with Crippen LogP contribution in [0.4, 0.5) is 5.69 Å². The summed E-state index contributed by atoms with van der Waals surface area (Å²) >= 11 is 0. The zero-order valence-electron chi connectivity index (χ0n) is 15.4. The van der Waals surface area contributed by atoms with Crippen molar-refractivity contribution >= 4 is 30.0 Å². The van der Waals surface area contributed by atoms with Crippen LogP contribution in [0.2, 0.25) is 0 Å². The number of aliphatic imine (C=N–C) groups is 1. The topological polar surface area (TPSA) is 93.5 Å². The molecule has 0 aromatic heterocycles. The van der Waals surface area contributed by atoms with Crippen LogP contribution in [0.15, 0.2) is 29.3 Å². The van der Waals surface area contributed by atoms with Gasteiger partial charge in [-0.2, -0.15) is 0 Å². The molecule has 0 atom stereocenters. The molecule has 1 amide bonds. The predicted octanol–water partition coefficient (Wildman–Crippen LogP) is 3.42. The average molecular weight is 367 g/mol. The summed E-state index contributed by atoms with van der Waals surface area (Å²) in [6, 6.07) is 8.15. The molecule has 0 unspecified atom stereocenters. The molecule has 0 radical (unpaired) electrons. The van der Waals surface area contributed by atoms with Crippen molar-refractivity contribution in [2.75, 3.05) is 11.9 Å². The van der Waals surface area contributed by atoms with Crippen molar-refractivity contribution in [3.63, 3.8) is 0 Å².